The minimum atomic E-state index is -0.571. The van der Waals surface area contributed by atoms with Gasteiger partial charge in [0.15, 0.2) is 17.8 Å². The van der Waals surface area contributed by atoms with E-state index in [-0.39, 0.29) is 39.5 Å². The first-order valence-corrected chi connectivity index (χ1v) is 11.0. The Kier molecular flexibility index (Phi) is 5.43. The minimum Gasteiger partial charge on any atom is -0.461 e. The fraction of sp³-hybridized carbons (Fsp3) is 0.476. The van der Waals surface area contributed by atoms with E-state index in [1.165, 1.54) is 0 Å². The summed E-state index contributed by atoms with van der Waals surface area (Å²) in [7, 11) is 0. The smallest absolute Gasteiger partial charge is 0.410 e. The van der Waals surface area contributed by atoms with Crippen molar-refractivity contribution in [1.29, 1.82) is 0 Å². The summed E-state index contributed by atoms with van der Waals surface area (Å²) in [5, 5.41) is 0.219. The van der Waals surface area contributed by atoms with Crippen molar-refractivity contribution in [2.24, 2.45) is 0 Å². The van der Waals surface area contributed by atoms with Crippen molar-refractivity contribution < 1.29 is 27.8 Å². The minimum absolute atomic E-state index is 0.0106. The number of nitrogens with zero attached hydrogens (tertiary/aromatic N) is 2. The topological polar surface area (TPSA) is 77.1 Å². The zero-order valence-corrected chi connectivity index (χ0v) is 19.6. The van der Waals surface area contributed by atoms with Gasteiger partial charge >= 0.3 is 12.1 Å². The van der Waals surface area contributed by atoms with Crippen molar-refractivity contribution in [3.63, 3.8) is 0 Å². The number of benzene rings is 1. The van der Waals surface area contributed by atoms with Crippen molar-refractivity contribution in [3.05, 3.63) is 41.1 Å². The number of ether oxygens (including phenoxy) is 3. The first-order valence-electron chi connectivity index (χ1n) is 10.1. The van der Waals surface area contributed by atoms with E-state index >= 15 is 0 Å². The van der Waals surface area contributed by atoms with Gasteiger partial charge in [0.05, 0.1) is 38.1 Å². The number of hydrogen-bond acceptors (Lipinski definition) is 8. The van der Waals surface area contributed by atoms with E-state index in [0.29, 0.717) is 24.4 Å². The average Bonchev–Trinajstić information content (AvgIpc) is 2.94. The third-order valence-corrected chi connectivity index (χ3v) is 6.37. The van der Waals surface area contributed by atoms with Crippen LogP contribution in [0.2, 0.25) is 0 Å². The van der Waals surface area contributed by atoms with Gasteiger partial charge in [0, 0.05) is 0 Å². The van der Waals surface area contributed by atoms with E-state index in [2.05, 4.69) is 5.43 Å². The number of thiol groups is 1. The van der Waals surface area contributed by atoms with Crippen molar-refractivity contribution in [2.75, 3.05) is 19.7 Å². The van der Waals surface area contributed by atoms with Crippen LogP contribution in [0.4, 0.5) is 4.79 Å². The third kappa shape index (κ3) is 3.77. The molecule has 2 atom stereocenters. The zero-order chi connectivity index (χ0) is 22.6. The molecule has 0 aromatic heterocycles. The predicted molar refractivity (Wildman–Crippen MR) is 120 cm³/mol. The molecule has 1 amide bonds. The Hall–Kier alpha value is -2.30. The number of rotatable bonds is 3. The number of thiocarbonyl (C=S) groups is 1. The zero-order valence-electron chi connectivity index (χ0n) is 17.9. The van der Waals surface area contributed by atoms with Gasteiger partial charge in [-0.2, -0.15) is 0 Å². The SMILES string of the molecule is CCOC(=O)C1=C2C(=S)Oc3ccccc3C2[N+](S)(C2CN(C(=O)OC(C)(C)C)C2)N1. The molecular formula is C21H26N3O5S2+. The van der Waals surface area contributed by atoms with Crippen LogP contribution in [0, 0.1) is 0 Å². The lowest BCUT2D eigenvalue weighted by Gasteiger charge is -2.49. The second-order valence-electron chi connectivity index (χ2n) is 8.73. The maximum atomic E-state index is 12.7. The van der Waals surface area contributed by atoms with E-state index < -0.39 is 11.6 Å². The van der Waals surface area contributed by atoms with Crippen LogP contribution in [0.5, 0.6) is 5.75 Å². The van der Waals surface area contributed by atoms with Gasteiger partial charge in [0.1, 0.15) is 16.9 Å². The second-order valence-corrected chi connectivity index (χ2v) is 9.76. The number of esters is 1. The Morgan fingerprint density at radius 1 is 1.32 bits per heavy atom. The number of carbonyl (C=O) groups is 2. The fourth-order valence-electron chi connectivity index (χ4n) is 4.01. The van der Waals surface area contributed by atoms with Crippen molar-refractivity contribution >= 4 is 42.1 Å². The van der Waals surface area contributed by atoms with Crippen LogP contribution >= 0.6 is 25.0 Å². The van der Waals surface area contributed by atoms with Gasteiger partial charge < -0.3 is 14.2 Å². The highest BCUT2D eigenvalue weighted by molar-refractivity contribution is 7.80. The highest BCUT2D eigenvalue weighted by Gasteiger charge is 2.61. The Morgan fingerprint density at radius 3 is 2.65 bits per heavy atom. The number of quaternary nitrogens is 1. The highest BCUT2D eigenvalue weighted by Crippen LogP contribution is 2.51. The normalized spacial score (nSPS) is 25.1. The summed E-state index contributed by atoms with van der Waals surface area (Å²) in [6.07, 6.45) is -0.371. The maximum Gasteiger partial charge on any atom is 0.410 e. The molecule has 8 nitrogen and oxygen atoms in total. The van der Waals surface area contributed by atoms with Crippen LogP contribution in [-0.2, 0) is 14.3 Å². The van der Waals surface area contributed by atoms with E-state index in [1.807, 2.05) is 45.0 Å². The summed E-state index contributed by atoms with van der Waals surface area (Å²) < 4.78 is 16.5. The van der Waals surface area contributed by atoms with Gasteiger partial charge in [-0.15, -0.1) is 4.00 Å². The van der Waals surface area contributed by atoms with Gasteiger partial charge in [0.25, 0.3) is 0 Å². The van der Waals surface area contributed by atoms with Crippen molar-refractivity contribution in [3.8, 4) is 5.75 Å². The van der Waals surface area contributed by atoms with E-state index in [9.17, 15) is 9.59 Å². The molecule has 10 heteroatoms. The lowest BCUT2D eigenvalue weighted by molar-refractivity contribution is -0.883. The summed E-state index contributed by atoms with van der Waals surface area (Å²) in [5.41, 5.74) is 4.33. The summed E-state index contributed by atoms with van der Waals surface area (Å²) in [6.45, 7) is 8.31. The third-order valence-electron chi connectivity index (χ3n) is 5.41. The molecule has 2 unspecified atom stereocenters. The van der Waals surface area contributed by atoms with Crippen LogP contribution in [0.25, 0.3) is 0 Å². The Labute approximate surface area is 192 Å². The molecule has 1 fully saturated rings. The summed E-state index contributed by atoms with van der Waals surface area (Å²) in [5.74, 6) is 0.123. The van der Waals surface area contributed by atoms with Gasteiger partial charge in [-0.25, -0.2) is 15.0 Å². The van der Waals surface area contributed by atoms with E-state index in [0.717, 1.165) is 5.56 Å². The molecule has 3 heterocycles. The Balaban J connectivity index is 1.66. The molecule has 0 bridgehead atoms. The largest absolute Gasteiger partial charge is 0.461 e. The van der Waals surface area contributed by atoms with Crippen LogP contribution in [0.3, 0.4) is 0 Å². The molecular weight excluding hydrogens is 438 g/mol. The summed E-state index contributed by atoms with van der Waals surface area (Å²) in [6, 6.07) is 7.05. The van der Waals surface area contributed by atoms with Crippen LogP contribution in [0.1, 0.15) is 39.3 Å². The summed E-state index contributed by atoms with van der Waals surface area (Å²) >= 11 is 10.5. The number of likely N-dealkylation sites (tertiary alicyclic amines) is 1. The standard InChI is InChI=1S/C21H25N3O5S2/c1-5-27-18(25)16-15-17(13-8-6-7-9-14(13)28-19(15)30)24(31,22-16)12-10-23(11-12)20(26)29-21(2,3)4/h6-9,12,17,31H,5,10-11H2,1-4H3/p+1. The molecule has 1 N–H and O–H groups in total. The lowest BCUT2D eigenvalue weighted by Crippen LogP contribution is -2.69. The molecule has 4 rings (SSSR count). The fourth-order valence-corrected chi connectivity index (χ4v) is 4.80. The van der Waals surface area contributed by atoms with E-state index in [1.54, 1.807) is 11.8 Å². The van der Waals surface area contributed by atoms with Crippen molar-refractivity contribution in [1.82, 2.24) is 10.3 Å². The first kappa shape index (κ1) is 21.9. The summed E-state index contributed by atoms with van der Waals surface area (Å²) in [4.78, 5) is 26.8. The highest BCUT2D eigenvalue weighted by atomic mass is 32.1. The maximum absolute atomic E-state index is 12.7. The number of fused-ring (bicyclic) bond motifs is 3. The average molecular weight is 465 g/mol. The monoisotopic (exact) mass is 464 g/mol. The molecule has 0 saturated carbocycles. The molecule has 3 aliphatic heterocycles. The molecule has 31 heavy (non-hydrogen) atoms. The van der Waals surface area contributed by atoms with Crippen LogP contribution in [-0.4, -0.2) is 57.3 Å². The molecule has 1 aromatic rings. The number of para-hydroxylation sites is 1. The Bertz CT molecular complexity index is 983. The molecule has 0 radical (unpaired) electrons. The number of hydrogen-bond donors (Lipinski definition) is 2. The lowest BCUT2D eigenvalue weighted by atomic mass is 9.93. The Morgan fingerprint density at radius 2 is 2.00 bits per heavy atom. The molecule has 1 aromatic carbocycles. The number of carbonyl (C=O) groups excluding carboxylic acids is 2. The van der Waals surface area contributed by atoms with Crippen LogP contribution in [0.15, 0.2) is 35.5 Å². The van der Waals surface area contributed by atoms with Crippen LogP contribution < -0.4 is 10.2 Å². The molecule has 1 saturated heterocycles. The molecule has 166 valence electrons. The molecule has 0 aliphatic carbocycles. The number of nitrogens with one attached hydrogen (secondary N) is 1. The second kappa shape index (κ2) is 7.68. The van der Waals surface area contributed by atoms with Crippen molar-refractivity contribution in [2.45, 2.75) is 45.4 Å². The first-order chi connectivity index (χ1) is 14.5. The quantitative estimate of drug-likeness (QED) is 0.308. The van der Waals surface area contributed by atoms with Gasteiger partial charge in [-0.3, -0.25) is 4.90 Å². The van der Waals surface area contributed by atoms with E-state index in [4.69, 9.17) is 39.2 Å². The predicted octanol–water partition coefficient (Wildman–Crippen LogP) is 3.06. The van der Waals surface area contributed by atoms with Gasteiger partial charge in [-0.1, -0.05) is 12.1 Å². The van der Waals surface area contributed by atoms with Gasteiger partial charge in [0.2, 0.25) is 5.05 Å². The van der Waals surface area contributed by atoms with Gasteiger partial charge in [-0.05, 0) is 52.0 Å². The molecule has 3 aliphatic rings. The molecule has 0 spiro atoms. The number of amides is 1.